The maximum atomic E-state index is 6.12. The minimum atomic E-state index is 0.622. The second kappa shape index (κ2) is 8.29. The average molecular weight is 392 g/mol. The zero-order chi connectivity index (χ0) is 18.7. The van der Waals surface area contributed by atoms with Crippen molar-refractivity contribution in [2.75, 3.05) is 20.8 Å². The molecule has 0 radical (unpaired) electrons. The fourth-order valence-corrected chi connectivity index (χ4v) is 4.17. The van der Waals surface area contributed by atoms with Crippen LogP contribution in [-0.2, 0) is 17.0 Å². The largest absolute Gasteiger partial charge is 0.496 e. The van der Waals surface area contributed by atoms with Crippen LogP contribution in [0.15, 0.2) is 29.6 Å². The molecular formula is C19H22ClN3O2S. The van der Waals surface area contributed by atoms with E-state index in [9.17, 15) is 0 Å². The van der Waals surface area contributed by atoms with Crippen LogP contribution in [0.5, 0.6) is 5.75 Å². The summed E-state index contributed by atoms with van der Waals surface area (Å²) in [4.78, 5) is 9.34. The first-order valence-electron chi connectivity index (χ1n) is 8.31. The van der Waals surface area contributed by atoms with E-state index in [0.29, 0.717) is 17.4 Å². The second-order valence-electron chi connectivity index (χ2n) is 6.01. The Kier molecular flexibility index (Phi) is 6.06. The van der Waals surface area contributed by atoms with Gasteiger partial charge in [-0.25, -0.2) is 4.98 Å². The zero-order valence-corrected chi connectivity index (χ0v) is 16.9. The van der Waals surface area contributed by atoms with Crippen molar-refractivity contribution in [1.82, 2.24) is 14.5 Å². The Bertz CT molecular complexity index is 927. The molecule has 0 spiro atoms. The molecule has 0 fully saturated rings. The van der Waals surface area contributed by atoms with Crippen molar-refractivity contribution in [3.63, 3.8) is 0 Å². The molecule has 1 aromatic carbocycles. The predicted octanol–water partition coefficient (Wildman–Crippen LogP) is 4.65. The summed E-state index contributed by atoms with van der Waals surface area (Å²) in [6, 6.07) is 5.78. The van der Waals surface area contributed by atoms with Crippen molar-refractivity contribution in [1.29, 1.82) is 0 Å². The monoisotopic (exact) mass is 391 g/mol. The molecule has 7 heteroatoms. The van der Waals surface area contributed by atoms with E-state index in [1.165, 1.54) is 0 Å². The predicted molar refractivity (Wildman–Crippen MR) is 106 cm³/mol. The van der Waals surface area contributed by atoms with Gasteiger partial charge in [-0.1, -0.05) is 23.4 Å². The molecule has 5 nitrogen and oxygen atoms in total. The van der Waals surface area contributed by atoms with E-state index >= 15 is 0 Å². The average Bonchev–Trinajstić information content (AvgIpc) is 2.96. The van der Waals surface area contributed by atoms with Gasteiger partial charge >= 0.3 is 0 Å². The highest BCUT2D eigenvalue weighted by Gasteiger charge is 2.14. The first kappa shape index (κ1) is 19.0. The third-order valence-electron chi connectivity index (χ3n) is 4.28. The number of halogens is 1. The van der Waals surface area contributed by atoms with Gasteiger partial charge in [-0.05, 0) is 32.0 Å². The number of pyridine rings is 1. The molecular weight excluding hydrogens is 370 g/mol. The number of hydrogen-bond donors (Lipinski definition) is 0. The van der Waals surface area contributed by atoms with Crippen LogP contribution in [0.4, 0.5) is 0 Å². The third kappa shape index (κ3) is 3.82. The molecule has 2 aromatic heterocycles. The molecule has 0 N–H and O–H groups in total. The van der Waals surface area contributed by atoms with Crippen LogP contribution < -0.4 is 4.74 Å². The number of rotatable bonds is 7. The Labute approximate surface area is 162 Å². The van der Waals surface area contributed by atoms with Gasteiger partial charge < -0.3 is 14.0 Å². The van der Waals surface area contributed by atoms with Gasteiger partial charge in [-0.2, -0.15) is 0 Å². The SMILES string of the molecule is COCCn1c(SCc2ncc(C)c(OC)c2C)nc2cc(Cl)ccc21. The van der Waals surface area contributed by atoms with Crippen LogP contribution in [0, 0.1) is 13.8 Å². The van der Waals surface area contributed by atoms with E-state index in [1.807, 2.05) is 38.2 Å². The molecule has 3 aromatic rings. The Hall–Kier alpha value is -1.76. The van der Waals surface area contributed by atoms with Crippen molar-refractivity contribution in [3.8, 4) is 5.75 Å². The first-order chi connectivity index (χ1) is 12.5. The number of methoxy groups -OCH3 is 2. The van der Waals surface area contributed by atoms with Crippen LogP contribution in [-0.4, -0.2) is 35.4 Å². The van der Waals surface area contributed by atoms with E-state index in [2.05, 4.69) is 9.55 Å². The van der Waals surface area contributed by atoms with E-state index in [4.69, 9.17) is 26.1 Å². The van der Waals surface area contributed by atoms with Gasteiger partial charge in [0.05, 0.1) is 30.4 Å². The van der Waals surface area contributed by atoms with Gasteiger partial charge in [-0.15, -0.1) is 0 Å². The highest BCUT2D eigenvalue weighted by atomic mass is 35.5. The number of nitrogens with zero attached hydrogens (tertiary/aromatic N) is 3. The minimum Gasteiger partial charge on any atom is -0.496 e. The van der Waals surface area contributed by atoms with Crippen molar-refractivity contribution in [2.45, 2.75) is 31.3 Å². The van der Waals surface area contributed by atoms with E-state index in [1.54, 1.807) is 26.0 Å². The molecule has 0 unspecified atom stereocenters. The van der Waals surface area contributed by atoms with E-state index in [-0.39, 0.29) is 0 Å². The van der Waals surface area contributed by atoms with Crippen molar-refractivity contribution in [2.24, 2.45) is 0 Å². The maximum Gasteiger partial charge on any atom is 0.169 e. The summed E-state index contributed by atoms with van der Waals surface area (Å²) >= 11 is 7.78. The molecule has 0 aliphatic heterocycles. The van der Waals surface area contributed by atoms with Crippen molar-refractivity contribution in [3.05, 3.63) is 46.2 Å². The second-order valence-corrected chi connectivity index (χ2v) is 7.39. The summed E-state index contributed by atoms with van der Waals surface area (Å²) in [6.45, 7) is 5.41. The third-order valence-corrected chi connectivity index (χ3v) is 5.50. The highest BCUT2D eigenvalue weighted by molar-refractivity contribution is 7.98. The quantitative estimate of drug-likeness (QED) is 0.549. The first-order valence-corrected chi connectivity index (χ1v) is 9.68. The summed E-state index contributed by atoms with van der Waals surface area (Å²) in [7, 11) is 3.40. The number of benzene rings is 1. The molecule has 0 atom stereocenters. The molecule has 0 aliphatic rings. The van der Waals surface area contributed by atoms with Crippen LogP contribution >= 0.6 is 23.4 Å². The molecule has 0 aliphatic carbocycles. The molecule has 0 bridgehead atoms. The Morgan fingerprint density at radius 3 is 2.77 bits per heavy atom. The minimum absolute atomic E-state index is 0.622. The number of imidazole rings is 1. The standard InChI is InChI=1S/C19H22ClN3O2S/c1-12-10-21-16(13(2)18(12)25-4)11-26-19-22-15-9-14(20)5-6-17(15)23(19)7-8-24-3/h5-6,9-10H,7-8,11H2,1-4H3. The summed E-state index contributed by atoms with van der Waals surface area (Å²) in [6.07, 6.45) is 1.86. The molecule has 3 rings (SSSR count). The summed E-state index contributed by atoms with van der Waals surface area (Å²) < 4.78 is 12.9. The Balaban J connectivity index is 1.91. The van der Waals surface area contributed by atoms with Crippen molar-refractivity contribution >= 4 is 34.4 Å². The molecule has 0 amide bonds. The van der Waals surface area contributed by atoms with Gasteiger partial charge in [0.25, 0.3) is 0 Å². The van der Waals surface area contributed by atoms with Crippen molar-refractivity contribution < 1.29 is 9.47 Å². The summed E-state index contributed by atoms with van der Waals surface area (Å²) in [5.41, 5.74) is 5.06. The smallest absolute Gasteiger partial charge is 0.169 e. The topological polar surface area (TPSA) is 49.2 Å². The normalized spacial score (nSPS) is 11.3. The summed E-state index contributed by atoms with van der Waals surface area (Å²) in [5.74, 6) is 1.61. The number of aryl methyl sites for hydroxylation is 1. The van der Waals surface area contributed by atoms with E-state index < -0.39 is 0 Å². The van der Waals surface area contributed by atoms with Crippen LogP contribution in [0.25, 0.3) is 11.0 Å². The number of aromatic nitrogens is 3. The molecule has 2 heterocycles. The summed E-state index contributed by atoms with van der Waals surface area (Å²) in [5, 5.41) is 1.62. The lowest BCUT2D eigenvalue weighted by molar-refractivity contribution is 0.186. The maximum absolute atomic E-state index is 6.12. The van der Waals surface area contributed by atoms with Crippen LogP contribution in [0.1, 0.15) is 16.8 Å². The number of thioether (sulfide) groups is 1. The van der Waals surface area contributed by atoms with E-state index in [0.717, 1.165) is 45.3 Å². The van der Waals surface area contributed by atoms with Crippen LogP contribution in [0.2, 0.25) is 5.02 Å². The number of ether oxygens (including phenoxy) is 2. The fourth-order valence-electron chi connectivity index (χ4n) is 2.94. The lowest BCUT2D eigenvalue weighted by atomic mass is 10.1. The fraction of sp³-hybridized carbons (Fsp3) is 0.368. The lowest BCUT2D eigenvalue weighted by Gasteiger charge is -2.12. The van der Waals surface area contributed by atoms with Gasteiger partial charge in [0.1, 0.15) is 5.75 Å². The molecule has 26 heavy (non-hydrogen) atoms. The Morgan fingerprint density at radius 1 is 1.23 bits per heavy atom. The lowest BCUT2D eigenvalue weighted by Crippen LogP contribution is -2.06. The highest BCUT2D eigenvalue weighted by Crippen LogP contribution is 2.31. The van der Waals surface area contributed by atoms with Gasteiger partial charge in [0.2, 0.25) is 0 Å². The molecule has 0 saturated carbocycles. The van der Waals surface area contributed by atoms with Gasteiger partial charge in [0.15, 0.2) is 5.16 Å². The van der Waals surface area contributed by atoms with Gasteiger partial charge in [0, 0.05) is 41.8 Å². The van der Waals surface area contributed by atoms with Crippen LogP contribution in [0.3, 0.4) is 0 Å². The van der Waals surface area contributed by atoms with Gasteiger partial charge in [-0.3, -0.25) is 4.98 Å². The number of fused-ring (bicyclic) bond motifs is 1. The zero-order valence-electron chi connectivity index (χ0n) is 15.4. The molecule has 138 valence electrons. The Morgan fingerprint density at radius 2 is 2.04 bits per heavy atom. The molecule has 0 saturated heterocycles. The number of hydrogen-bond acceptors (Lipinski definition) is 5.